The number of rotatable bonds is 6. The maximum Gasteiger partial charge on any atom is 0.258 e. The third-order valence-corrected chi connectivity index (χ3v) is 6.12. The molecule has 3 rings (SSSR count). The number of nitrogens with zero attached hydrogens (tertiary/aromatic N) is 2. The number of sulfonamides is 1. The first kappa shape index (κ1) is 19.3. The summed E-state index contributed by atoms with van der Waals surface area (Å²) in [4.78, 5) is 4.56. The minimum absolute atomic E-state index is 0.164. The Hall–Kier alpha value is -2.51. The predicted octanol–water partition coefficient (Wildman–Crippen LogP) is 4.18. The van der Waals surface area contributed by atoms with Crippen LogP contribution in [0.1, 0.15) is 32.8 Å². The number of hydrogen-bond donors (Lipinski definition) is 1. The van der Waals surface area contributed by atoms with Gasteiger partial charge in [0.1, 0.15) is 0 Å². The lowest BCUT2D eigenvalue weighted by Crippen LogP contribution is -2.42. The summed E-state index contributed by atoms with van der Waals surface area (Å²) in [6.07, 6.45) is 0.676. The molecular formula is C20H23N3O3S. The SMILES string of the molecule is CCC(C)(C)NS(=O)(=O)c1cccc(-c2nc(-c3ccc(C)cc3)no2)c1. The summed E-state index contributed by atoms with van der Waals surface area (Å²) in [6.45, 7) is 7.63. The Balaban J connectivity index is 1.91. The molecule has 0 fully saturated rings. The van der Waals surface area contributed by atoms with Crippen molar-refractivity contribution in [2.45, 2.75) is 44.6 Å². The van der Waals surface area contributed by atoms with Crippen molar-refractivity contribution in [1.82, 2.24) is 14.9 Å². The fourth-order valence-corrected chi connectivity index (χ4v) is 3.98. The largest absolute Gasteiger partial charge is 0.334 e. The molecule has 0 saturated heterocycles. The van der Waals surface area contributed by atoms with Crippen molar-refractivity contribution in [2.24, 2.45) is 0 Å². The van der Waals surface area contributed by atoms with E-state index in [9.17, 15) is 8.42 Å². The minimum atomic E-state index is -3.65. The molecule has 142 valence electrons. The minimum Gasteiger partial charge on any atom is -0.334 e. The monoisotopic (exact) mass is 385 g/mol. The summed E-state index contributed by atoms with van der Waals surface area (Å²) in [5.74, 6) is 0.737. The lowest BCUT2D eigenvalue weighted by atomic mass is 10.0. The Kier molecular flexibility index (Phi) is 5.17. The lowest BCUT2D eigenvalue weighted by Gasteiger charge is -2.24. The van der Waals surface area contributed by atoms with Crippen LogP contribution < -0.4 is 4.72 Å². The third kappa shape index (κ3) is 4.43. The fourth-order valence-electron chi connectivity index (χ4n) is 2.45. The summed E-state index contributed by atoms with van der Waals surface area (Å²) in [7, 11) is -3.65. The normalized spacial score (nSPS) is 12.3. The molecule has 7 heteroatoms. The van der Waals surface area contributed by atoms with E-state index in [1.54, 1.807) is 24.3 Å². The molecule has 0 aliphatic rings. The molecule has 6 nitrogen and oxygen atoms in total. The first-order chi connectivity index (χ1) is 12.7. The molecule has 1 heterocycles. The van der Waals surface area contributed by atoms with Crippen molar-refractivity contribution in [1.29, 1.82) is 0 Å². The molecule has 1 aromatic heterocycles. The number of hydrogen-bond acceptors (Lipinski definition) is 5. The van der Waals surface area contributed by atoms with Crippen LogP contribution in [0, 0.1) is 6.92 Å². The van der Waals surface area contributed by atoms with Gasteiger partial charge in [-0.3, -0.25) is 0 Å². The van der Waals surface area contributed by atoms with E-state index >= 15 is 0 Å². The van der Waals surface area contributed by atoms with Gasteiger partial charge in [-0.25, -0.2) is 13.1 Å². The number of nitrogens with one attached hydrogen (secondary N) is 1. The second-order valence-corrected chi connectivity index (χ2v) is 8.84. The van der Waals surface area contributed by atoms with Crippen LogP contribution in [-0.2, 0) is 10.0 Å². The van der Waals surface area contributed by atoms with Gasteiger partial charge in [-0.15, -0.1) is 0 Å². The summed E-state index contributed by atoms with van der Waals surface area (Å²) >= 11 is 0. The van der Waals surface area contributed by atoms with Gasteiger partial charge in [0, 0.05) is 16.7 Å². The second kappa shape index (κ2) is 7.25. The van der Waals surface area contributed by atoms with Crippen molar-refractivity contribution in [2.75, 3.05) is 0 Å². The zero-order valence-corrected chi connectivity index (χ0v) is 16.7. The average molecular weight is 385 g/mol. The highest BCUT2D eigenvalue weighted by atomic mass is 32.2. The van der Waals surface area contributed by atoms with Gasteiger partial charge < -0.3 is 4.52 Å². The third-order valence-electron chi connectivity index (χ3n) is 4.42. The smallest absolute Gasteiger partial charge is 0.258 e. The van der Waals surface area contributed by atoms with Crippen LogP contribution in [0.4, 0.5) is 0 Å². The molecule has 0 unspecified atom stereocenters. The van der Waals surface area contributed by atoms with E-state index < -0.39 is 15.6 Å². The van der Waals surface area contributed by atoms with E-state index in [0.29, 0.717) is 17.8 Å². The molecule has 0 atom stereocenters. The quantitative estimate of drug-likeness (QED) is 0.688. The Bertz CT molecular complexity index is 1040. The van der Waals surface area contributed by atoms with Crippen LogP contribution in [0.3, 0.4) is 0 Å². The molecule has 0 radical (unpaired) electrons. The van der Waals surface area contributed by atoms with Crippen molar-refractivity contribution in [3.8, 4) is 22.8 Å². The van der Waals surface area contributed by atoms with Crippen LogP contribution in [0.2, 0.25) is 0 Å². The lowest BCUT2D eigenvalue weighted by molar-refractivity contribution is 0.432. The summed E-state index contributed by atoms with van der Waals surface area (Å²) in [6, 6.07) is 14.3. The van der Waals surface area contributed by atoms with Crippen molar-refractivity contribution < 1.29 is 12.9 Å². The number of aromatic nitrogens is 2. The van der Waals surface area contributed by atoms with E-state index in [1.807, 2.05) is 52.0 Å². The Morgan fingerprint density at radius 2 is 1.78 bits per heavy atom. The maximum atomic E-state index is 12.7. The van der Waals surface area contributed by atoms with Crippen LogP contribution >= 0.6 is 0 Å². The van der Waals surface area contributed by atoms with Gasteiger partial charge in [0.15, 0.2) is 0 Å². The highest BCUT2D eigenvalue weighted by Crippen LogP contribution is 2.25. The van der Waals surface area contributed by atoms with E-state index in [2.05, 4.69) is 14.9 Å². The molecule has 0 aliphatic carbocycles. The molecule has 0 aliphatic heterocycles. The van der Waals surface area contributed by atoms with Gasteiger partial charge in [0.25, 0.3) is 5.89 Å². The summed E-state index contributed by atoms with van der Waals surface area (Å²) < 4.78 is 33.4. The van der Waals surface area contributed by atoms with Crippen LogP contribution in [0.5, 0.6) is 0 Å². The van der Waals surface area contributed by atoms with Gasteiger partial charge in [-0.1, -0.05) is 48.0 Å². The van der Waals surface area contributed by atoms with Crippen molar-refractivity contribution in [3.05, 3.63) is 54.1 Å². The van der Waals surface area contributed by atoms with Gasteiger partial charge in [-0.05, 0) is 45.4 Å². The fraction of sp³-hybridized carbons (Fsp3) is 0.300. The van der Waals surface area contributed by atoms with Crippen molar-refractivity contribution in [3.63, 3.8) is 0 Å². The molecule has 0 saturated carbocycles. The number of aryl methyl sites for hydroxylation is 1. The molecule has 2 aromatic carbocycles. The first-order valence-corrected chi connectivity index (χ1v) is 10.2. The maximum absolute atomic E-state index is 12.7. The van der Waals surface area contributed by atoms with E-state index in [4.69, 9.17) is 4.52 Å². The number of benzene rings is 2. The Morgan fingerprint density at radius 3 is 2.44 bits per heavy atom. The molecule has 0 bridgehead atoms. The van der Waals surface area contributed by atoms with E-state index in [0.717, 1.165) is 11.1 Å². The molecule has 0 spiro atoms. The topological polar surface area (TPSA) is 85.1 Å². The average Bonchev–Trinajstić information content (AvgIpc) is 3.12. The van der Waals surface area contributed by atoms with Crippen LogP contribution in [0.25, 0.3) is 22.8 Å². The second-order valence-electron chi connectivity index (χ2n) is 7.16. The predicted molar refractivity (Wildman–Crippen MR) is 105 cm³/mol. The zero-order chi connectivity index (χ0) is 19.7. The van der Waals surface area contributed by atoms with Gasteiger partial charge in [0.2, 0.25) is 15.8 Å². The Morgan fingerprint density at radius 1 is 1.07 bits per heavy atom. The first-order valence-electron chi connectivity index (χ1n) is 8.75. The van der Waals surface area contributed by atoms with Gasteiger partial charge in [-0.2, -0.15) is 4.98 Å². The highest BCUT2D eigenvalue weighted by molar-refractivity contribution is 7.89. The molecular weight excluding hydrogens is 362 g/mol. The van der Waals surface area contributed by atoms with Gasteiger partial charge in [0.05, 0.1) is 4.90 Å². The highest BCUT2D eigenvalue weighted by Gasteiger charge is 2.25. The zero-order valence-electron chi connectivity index (χ0n) is 15.9. The summed E-state index contributed by atoms with van der Waals surface area (Å²) in [5.41, 5.74) is 2.00. The molecule has 27 heavy (non-hydrogen) atoms. The van der Waals surface area contributed by atoms with E-state index in [-0.39, 0.29) is 10.8 Å². The van der Waals surface area contributed by atoms with Crippen LogP contribution in [0.15, 0.2) is 57.9 Å². The van der Waals surface area contributed by atoms with E-state index in [1.165, 1.54) is 0 Å². The van der Waals surface area contributed by atoms with Crippen molar-refractivity contribution >= 4 is 10.0 Å². The summed E-state index contributed by atoms with van der Waals surface area (Å²) in [5, 5.41) is 4.01. The van der Waals surface area contributed by atoms with Crippen LogP contribution in [-0.4, -0.2) is 24.1 Å². The molecule has 1 N–H and O–H groups in total. The van der Waals surface area contributed by atoms with Gasteiger partial charge >= 0.3 is 0 Å². The molecule has 0 amide bonds. The standard InChI is InChI=1S/C20H23N3O3S/c1-5-20(3,4)23-27(24,25)17-8-6-7-16(13-17)19-21-18(22-26-19)15-11-9-14(2)10-12-15/h6-13,23H,5H2,1-4H3. The molecule has 3 aromatic rings. The Labute approximate surface area is 159 Å².